The van der Waals surface area contributed by atoms with Crippen LogP contribution in [0.25, 0.3) is 0 Å². The van der Waals surface area contributed by atoms with Crippen LogP contribution in [0.1, 0.15) is 25.3 Å². The Bertz CT molecular complexity index is 531. The Balaban J connectivity index is 1.84. The van der Waals surface area contributed by atoms with E-state index in [1.807, 2.05) is 24.3 Å². The summed E-state index contributed by atoms with van der Waals surface area (Å²) in [7, 11) is -3.34. The monoisotopic (exact) mass is 316 g/mol. The fraction of sp³-hybridized carbons (Fsp3) is 0.571. The average Bonchev–Trinajstić information content (AvgIpc) is 2.41. The van der Waals surface area contributed by atoms with Gasteiger partial charge >= 0.3 is 0 Å². The minimum absolute atomic E-state index is 0.412. The summed E-state index contributed by atoms with van der Waals surface area (Å²) < 4.78 is 28.6. The summed E-state index contributed by atoms with van der Waals surface area (Å²) in [6.07, 6.45) is 2.72. The van der Waals surface area contributed by atoms with Gasteiger partial charge in [0.2, 0.25) is 0 Å². The first-order valence-corrected chi connectivity index (χ1v) is 8.78. The van der Waals surface area contributed by atoms with Gasteiger partial charge in [-0.2, -0.15) is 12.7 Å². The third-order valence-corrected chi connectivity index (χ3v) is 5.40. The van der Waals surface area contributed by atoms with Gasteiger partial charge in [-0.1, -0.05) is 30.7 Å². The highest BCUT2D eigenvalue weighted by atomic mass is 35.5. The van der Waals surface area contributed by atoms with Crippen LogP contribution >= 0.6 is 11.6 Å². The van der Waals surface area contributed by atoms with E-state index in [0.29, 0.717) is 37.0 Å². The highest BCUT2D eigenvalue weighted by Gasteiger charge is 2.26. The average molecular weight is 317 g/mol. The zero-order chi connectivity index (χ0) is 14.6. The number of hydrogen-bond donors (Lipinski definition) is 1. The maximum atomic E-state index is 12.2. The molecule has 2 rings (SSSR count). The molecule has 0 aliphatic carbocycles. The second kappa shape index (κ2) is 6.89. The summed E-state index contributed by atoms with van der Waals surface area (Å²) in [5.74, 6) is 0.441. The van der Waals surface area contributed by atoms with Crippen molar-refractivity contribution in [3.05, 3.63) is 34.9 Å². The molecule has 1 heterocycles. The minimum Gasteiger partial charge on any atom is -0.202 e. The fourth-order valence-corrected chi connectivity index (χ4v) is 3.92. The normalized spacial score (nSPS) is 21.0. The Hall–Kier alpha value is -0.620. The molecule has 0 aromatic heterocycles. The molecule has 1 aromatic rings. The van der Waals surface area contributed by atoms with E-state index >= 15 is 0 Å². The molecular weight excluding hydrogens is 296 g/mol. The Morgan fingerprint density at radius 2 is 2.05 bits per heavy atom. The number of rotatable bonds is 5. The van der Waals surface area contributed by atoms with Crippen LogP contribution in [-0.4, -0.2) is 32.4 Å². The molecule has 0 bridgehead atoms. The van der Waals surface area contributed by atoms with Crippen molar-refractivity contribution in [2.45, 2.75) is 26.2 Å². The van der Waals surface area contributed by atoms with E-state index in [-0.39, 0.29) is 0 Å². The molecule has 0 amide bonds. The van der Waals surface area contributed by atoms with Crippen LogP contribution in [-0.2, 0) is 16.6 Å². The lowest BCUT2D eigenvalue weighted by Crippen LogP contribution is -2.46. The van der Waals surface area contributed by atoms with Crippen molar-refractivity contribution in [2.75, 3.05) is 19.6 Å². The SMILES string of the molecule is C[C@@H]1CCCN(S(=O)(=O)NCCc2ccc(Cl)cc2)C1. The van der Waals surface area contributed by atoms with Gasteiger partial charge in [-0.25, -0.2) is 4.72 Å². The molecule has 1 N–H and O–H groups in total. The zero-order valence-corrected chi connectivity index (χ0v) is 13.3. The summed E-state index contributed by atoms with van der Waals surface area (Å²) in [5, 5.41) is 0.691. The van der Waals surface area contributed by atoms with Crippen molar-refractivity contribution in [3.63, 3.8) is 0 Å². The van der Waals surface area contributed by atoms with Crippen LogP contribution < -0.4 is 4.72 Å². The highest BCUT2D eigenvalue weighted by Crippen LogP contribution is 2.17. The number of benzene rings is 1. The number of nitrogens with one attached hydrogen (secondary N) is 1. The Kier molecular flexibility index (Phi) is 5.43. The van der Waals surface area contributed by atoms with Crippen LogP contribution in [0, 0.1) is 5.92 Å². The maximum absolute atomic E-state index is 12.2. The van der Waals surface area contributed by atoms with Gasteiger partial charge in [-0.15, -0.1) is 0 Å². The third-order valence-electron chi connectivity index (χ3n) is 3.57. The van der Waals surface area contributed by atoms with Crippen molar-refractivity contribution in [1.29, 1.82) is 0 Å². The van der Waals surface area contributed by atoms with E-state index in [4.69, 9.17) is 11.6 Å². The third kappa shape index (κ3) is 4.45. The van der Waals surface area contributed by atoms with Gasteiger partial charge in [0, 0.05) is 24.7 Å². The lowest BCUT2D eigenvalue weighted by molar-refractivity contribution is 0.278. The predicted molar refractivity (Wildman–Crippen MR) is 82.0 cm³/mol. The zero-order valence-electron chi connectivity index (χ0n) is 11.7. The lowest BCUT2D eigenvalue weighted by atomic mass is 10.0. The summed E-state index contributed by atoms with van der Waals surface area (Å²) in [5.41, 5.74) is 1.07. The van der Waals surface area contributed by atoms with Gasteiger partial charge in [0.15, 0.2) is 0 Å². The Morgan fingerprint density at radius 3 is 2.70 bits per heavy atom. The predicted octanol–water partition coefficient (Wildman–Crippen LogP) is 2.45. The molecule has 0 saturated carbocycles. The van der Waals surface area contributed by atoms with Crippen molar-refractivity contribution in [1.82, 2.24) is 9.03 Å². The molecule has 1 fully saturated rings. The number of halogens is 1. The second-order valence-corrected chi connectivity index (χ2v) is 7.57. The Labute approximate surface area is 126 Å². The molecule has 1 saturated heterocycles. The lowest BCUT2D eigenvalue weighted by Gasteiger charge is -2.29. The van der Waals surface area contributed by atoms with Gasteiger partial charge in [-0.3, -0.25) is 0 Å². The van der Waals surface area contributed by atoms with Crippen LogP contribution in [0.3, 0.4) is 0 Å². The van der Waals surface area contributed by atoms with E-state index in [9.17, 15) is 8.42 Å². The molecule has 1 aliphatic heterocycles. The number of hydrogen-bond acceptors (Lipinski definition) is 2. The van der Waals surface area contributed by atoms with Crippen molar-refractivity contribution < 1.29 is 8.42 Å². The van der Waals surface area contributed by atoms with Gasteiger partial charge in [-0.05, 0) is 42.9 Å². The quantitative estimate of drug-likeness (QED) is 0.907. The fourth-order valence-electron chi connectivity index (χ4n) is 2.43. The molecule has 112 valence electrons. The van der Waals surface area contributed by atoms with E-state index < -0.39 is 10.2 Å². The molecule has 20 heavy (non-hydrogen) atoms. The largest absolute Gasteiger partial charge is 0.279 e. The molecule has 1 atom stereocenters. The number of piperidine rings is 1. The van der Waals surface area contributed by atoms with Crippen molar-refractivity contribution >= 4 is 21.8 Å². The van der Waals surface area contributed by atoms with Gasteiger partial charge in [0.05, 0.1) is 0 Å². The molecule has 0 spiro atoms. The second-order valence-electron chi connectivity index (χ2n) is 5.38. The van der Waals surface area contributed by atoms with Gasteiger partial charge in [0.1, 0.15) is 0 Å². The molecule has 1 aliphatic rings. The topological polar surface area (TPSA) is 49.4 Å². The van der Waals surface area contributed by atoms with Crippen molar-refractivity contribution in [3.8, 4) is 0 Å². The Morgan fingerprint density at radius 1 is 1.35 bits per heavy atom. The maximum Gasteiger partial charge on any atom is 0.279 e. The standard InChI is InChI=1S/C14H21ClN2O2S/c1-12-3-2-10-17(11-12)20(18,19)16-9-8-13-4-6-14(15)7-5-13/h4-7,12,16H,2-3,8-11H2,1H3/t12-/m1/s1. The first-order chi connectivity index (χ1) is 9.47. The number of nitrogens with zero attached hydrogens (tertiary/aromatic N) is 1. The van der Waals surface area contributed by atoms with E-state index in [2.05, 4.69) is 11.6 Å². The van der Waals surface area contributed by atoms with Crippen molar-refractivity contribution in [2.24, 2.45) is 5.92 Å². The summed E-state index contributed by atoms with van der Waals surface area (Å²) >= 11 is 5.82. The molecule has 0 radical (unpaired) electrons. The van der Waals surface area contributed by atoms with E-state index in [1.54, 1.807) is 4.31 Å². The molecular formula is C14H21ClN2O2S. The van der Waals surface area contributed by atoms with Gasteiger partial charge < -0.3 is 0 Å². The van der Waals surface area contributed by atoms with Crippen LogP contribution in [0.4, 0.5) is 0 Å². The molecule has 4 nitrogen and oxygen atoms in total. The molecule has 6 heteroatoms. The summed E-state index contributed by atoms with van der Waals surface area (Å²) in [6.45, 7) is 3.75. The minimum atomic E-state index is -3.34. The molecule has 0 unspecified atom stereocenters. The smallest absolute Gasteiger partial charge is 0.202 e. The summed E-state index contributed by atoms with van der Waals surface area (Å²) in [6, 6.07) is 7.47. The highest BCUT2D eigenvalue weighted by molar-refractivity contribution is 7.87. The first kappa shape index (κ1) is 15.8. The van der Waals surface area contributed by atoms with Gasteiger partial charge in [0.25, 0.3) is 10.2 Å². The first-order valence-electron chi connectivity index (χ1n) is 6.96. The van der Waals surface area contributed by atoms with Crippen LogP contribution in [0.5, 0.6) is 0 Å². The summed E-state index contributed by atoms with van der Waals surface area (Å²) in [4.78, 5) is 0. The molecule has 1 aromatic carbocycles. The van der Waals surface area contributed by atoms with Crippen LogP contribution in [0.15, 0.2) is 24.3 Å². The van der Waals surface area contributed by atoms with E-state index in [1.165, 1.54) is 0 Å². The van der Waals surface area contributed by atoms with E-state index in [0.717, 1.165) is 18.4 Å². The van der Waals surface area contributed by atoms with Crippen LogP contribution in [0.2, 0.25) is 5.02 Å².